The van der Waals surface area contributed by atoms with Crippen LogP contribution in [0.15, 0.2) is 103 Å². The first-order valence-corrected chi connectivity index (χ1v) is 14.0. The van der Waals surface area contributed by atoms with Crippen LogP contribution in [0, 0.1) is 5.82 Å². The van der Waals surface area contributed by atoms with Crippen LogP contribution in [0.3, 0.4) is 0 Å². The van der Waals surface area contributed by atoms with Gasteiger partial charge in [-0.25, -0.2) is 4.39 Å². The number of ether oxygens (including phenoxy) is 2. The molecule has 0 saturated heterocycles. The van der Waals surface area contributed by atoms with Crippen LogP contribution >= 0.6 is 0 Å². The summed E-state index contributed by atoms with van der Waals surface area (Å²) >= 11 is 0. The lowest BCUT2D eigenvalue weighted by Crippen LogP contribution is -2.37. The van der Waals surface area contributed by atoms with Crippen LogP contribution in [-0.2, 0) is 13.0 Å². The second-order valence-electron chi connectivity index (χ2n) is 11.0. The van der Waals surface area contributed by atoms with Crippen molar-refractivity contribution in [3.8, 4) is 11.5 Å². The van der Waals surface area contributed by atoms with Crippen molar-refractivity contribution in [2.45, 2.75) is 50.7 Å². The molecule has 1 atom stereocenters. The van der Waals surface area contributed by atoms with Gasteiger partial charge in [0, 0.05) is 12.5 Å². The van der Waals surface area contributed by atoms with E-state index >= 15 is 0 Å². The second-order valence-corrected chi connectivity index (χ2v) is 11.0. The Morgan fingerprint density at radius 2 is 1.56 bits per heavy atom. The Kier molecular flexibility index (Phi) is 8.63. The highest BCUT2D eigenvalue weighted by molar-refractivity contribution is 5.42. The zero-order chi connectivity index (χ0) is 27.1. The third-order valence-corrected chi connectivity index (χ3v) is 7.77. The summed E-state index contributed by atoms with van der Waals surface area (Å²) in [6.45, 7) is 4.67. The van der Waals surface area contributed by atoms with Gasteiger partial charge in [-0.3, -0.25) is 0 Å². The largest absolute Gasteiger partial charge is 0.489 e. The van der Waals surface area contributed by atoms with Crippen LogP contribution in [0.25, 0.3) is 0 Å². The summed E-state index contributed by atoms with van der Waals surface area (Å²) < 4.78 is 25.6. The predicted molar refractivity (Wildman–Crippen MR) is 156 cm³/mol. The molecule has 0 aromatic heterocycles. The molecule has 1 heterocycles. The minimum absolute atomic E-state index is 0.164. The molecule has 3 nitrogen and oxygen atoms in total. The molecule has 4 heteroatoms. The zero-order valence-electron chi connectivity index (χ0n) is 23.0. The molecule has 202 valence electrons. The van der Waals surface area contributed by atoms with Gasteiger partial charge in [-0.05, 0) is 98.8 Å². The smallest absolute Gasteiger partial charge is 0.123 e. The molecular weight excluding hydrogens is 485 g/mol. The minimum Gasteiger partial charge on any atom is -0.489 e. The fourth-order valence-corrected chi connectivity index (χ4v) is 5.48. The number of rotatable bonds is 11. The van der Waals surface area contributed by atoms with Crippen LogP contribution in [0.2, 0.25) is 0 Å². The van der Waals surface area contributed by atoms with Crippen LogP contribution in [-0.4, -0.2) is 30.6 Å². The standard InChI is InChI=1S/C35H38FNO2/c1-35(21-9-23-37(2)25-33(28-10-5-3-6-11-28)29-12-7-4-8-13-29)22-20-30-24-32(18-19-34(30)39-35)38-26-27-14-16-31(36)17-15-27/h3-8,10-19,24,33H,9,20-23,25-26H2,1-2H3. The highest BCUT2D eigenvalue weighted by Crippen LogP contribution is 2.37. The van der Waals surface area contributed by atoms with Gasteiger partial charge >= 0.3 is 0 Å². The molecule has 0 radical (unpaired) electrons. The fraction of sp³-hybridized carbons (Fsp3) is 0.314. The highest BCUT2D eigenvalue weighted by Gasteiger charge is 2.31. The van der Waals surface area contributed by atoms with Gasteiger partial charge in [-0.15, -0.1) is 0 Å². The average molecular weight is 524 g/mol. The van der Waals surface area contributed by atoms with Crippen LogP contribution in [0.1, 0.15) is 54.4 Å². The Balaban J connectivity index is 1.13. The van der Waals surface area contributed by atoms with E-state index in [0.717, 1.165) is 55.8 Å². The Hall–Kier alpha value is -3.63. The lowest BCUT2D eigenvalue weighted by molar-refractivity contribution is 0.0515. The first-order chi connectivity index (χ1) is 19.0. The predicted octanol–water partition coefficient (Wildman–Crippen LogP) is 8.03. The lowest BCUT2D eigenvalue weighted by Gasteiger charge is -2.36. The van der Waals surface area contributed by atoms with E-state index < -0.39 is 0 Å². The molecule has 0 fully saturated rings. The normalized spacial score (nSPS) is 16.6. The van der Waals surface area contributed by atoms with Crippen LogP contribution in [0.4, 0.5) is 4.39 Å². The molecule has 0 aliphatic carbocycles. The molecule has 1 aliphatic rings. The number of hydrogen-bond donors (Lipinski definition) is 0. The summed E-state index contributed by atoms with van der Waals surface area (Å²) in [5, 5.41) is 0. The second kappa shape index (κ2) is 12.5. The number of halogens is 1. The van der Waals surface area contributed by atoms with Crippen molar-refractivity contribution in [1.82, 2.24) is 4.90 Å². The van der Waals surface area contributed by atoms with Gasteiger partial charge in [0.25, 0.3) is 0 Å². The monoisotopic (exact) mass is 523 g/mol. The SMILES string of the molecule is CN(CCCC1(C)CCc2cc(OCc3ccc(F)cc3)ccc2O1)CC(c1ccccc1)c1ccccc1. The first-order valence-electron chi connectivity index (χ1n) is 14.0. The zero-order valence-corrected chi connectivity index (χ0v) is 23.0. The summed E-state index contributed by atoms with van der Waals surface area (Å²) in [7, 11) is 2.23. The van der Waals surface area contributed by atoms with Gasteiger partial charge in [0.1, 0.15) is 29.5 Å². The number of benzene rings is 4. The molecule has 39 heavy (non-hydrogen) atoms. The highest BCUT2D eigenvalue weighted by atomic mass is 19.1. The van der Waals surface area contributed by atoms with E-state index in [-0.39, 0.29) is 11.4 Å². The minimum atomic E-state index is -0.233. The molecule has 0 amide bonds. The quantitative estimate of drug-likeness (QED) is 0.199. The molecule has 4 aromatic carbocycles. The number of fused-ring (bicyclic) bond motifs is 1. The number of likely N-dealkylation sites (N-methyl/N-ethyl adjacent to an activating group) is 1. The Morgan fingerprint density at radius 1 is 0.897 bits per heavy atom. The lowest BCUT2D eigenvalue weighted by atomic mass is 9.88. The van der Waals surface area contributed by atoms with Crippen molar-refractivity contribution in [1.29, 1.82) is 0 Å². The molecule has 0 spiro atoms. The molecule has 0 bridgehead atoms. The van der Waals surface area contributed by atoms with Crippen molar-refractivity contribution in [2.75, 3.05) is 20.1 Å². The first kappa shape index (κ1) is 27.0. The van der Waals surface area contributed by atoms with E-state index in [4.69, 9.17) is 9.47 Å². The molecule has 0 saturated carbocycles. The van der Waals surface area contributed by atoms with Crippen molar-refractivity contribution in [2.24, 2.45) is 0 Å². The summed E-state index contributed by atoms with van der Waals surface area (Å²) in [6, 6.07) is 34.1. The van der Waals surface area contributed by atoms with Crippen molar-refractivity contribution in [3.63, 3.8) is 0 Å². The molecule has 4 aromatic rings. The van der Waals surface area contributed by atoms with Gasteiger partial charge in [0.2, 0.25) is 0 Å². The van der Waals surface area contributed by atoms with Crippen molar-refractivity contribution < 1.29 is 13.9 Å². The maximum atomic E-state index is 13.1. The fourth-order valence-electron chi connectivity index (χ4n) is 5.48. The van der Waals surface area contributed by atoms with E-state index in [1.54, 1.807) is 12.1 Å². The third kappa shape index (κ3) is 7.27. The van der Waals surface area contributed by atoms with Crippen LogP contribution < -0.4 is 9.47 Å². The molecule has 1 aliphatic heterocycles. The third-order valence-electron chi connectivity index (χ3n) is 7.77. The summed E-state index contributed by atoms with van der Waals surface area (Å²) in [5.41, 5.74) is 4.69. The average Bonchev–Trinajstić information content (AvgIpc) is 2.96. The Bertz CT molecular complexity index is 1290. The number of aryl methyl sites for hydroxylation is 1. The van der Waals surface area contributed by atoms with E-state index in [9.17, 15) is 4.39 Å². The number of hydrogen-bond acceptors (Lipinski definition) is 3. The maximum Gasteiger partial charge on any atom is 0.123 e. The van der Waals surface area contributed by atoms with E-state index in [1.807, 2.05) is 12.1 Å². The maximum absolute atomic E-state index is 13.1. The summed E-state index contributed by atoms with van der Waals surface area (Å²) in [4.78, 5) is 2.45. The Labute approximate surface area is 232 Å². The van der Waals surface area contributed by atoms with E-state index in [1.165, 1.54) is 28.8 Å². The summed E-state index contributed by atoms with van der Waals surface area (Å²) in [6.07, 6.45) is 4.06. The van der Waals surface area contributed by atoms with Gasteiger partial charge in [-0.2, -0.15) is 0 Å². The van der Waals surface area contributed by atoms with Crippen LogP contribution in [0.5, 0.6) is 11.5 Å². The molecular formula is C35H38FNO2. The van der Waals surface area contributed by atoms with Gasteiger partial charge in [-0.1, -0.05) is 72.8 Å². The van der Waals surface area contributed by atoms with Gasteiger partial charge in [0.15, 0.2) is 0 Å². The van der Waals surface area contributed by atoms with Gasteiger partial charge in [0.05, 0.1) is 0 Å². The molecule has 5 rings (SSSR count). The Morgan fingerprint density at radius 3 is 2.23 bits per heavy atom. The van der Waals surface area contributed by atoms with Gasteiger partial charge < -0.3 is 14.4 Å². The topological polar surface area (TPSA) is 21.7 Å². The van der Waals surface area contributed by atoms with Crippen molar-refractivity contribution in [3.05, 3.63) is 131 Å². The number of nitrogens with zero attached hydrogens (tertiary/aromatic N) is 1. The molecule has 0 N–H and O–H groups in total. The van der Waals surface area contributed by atoms with E-state index in [2.05, 4.69) is 85.6 Å². The summed E-state index contributed by atoms with van der Waals surface area (Å²) in [5.74, 6) is 1.89. The van der Waals surface area contributed by atoms with Crippen molar-refractivity contribution >= 4 is 0 Å². The molecule has 1 unspecified atom stereocenters. The van der Waals surface area contributed by atoms with E-state index in [0.29, 0.717) is 12.5 Å².